The Morgan fingerprint density at radius 2 is 1.96 bits per heavy atom. The summed E-state index contributed by atoms with van der Waals surface area (Å²) in [5, 5.41) is 2.06. The van der Waals surface area contributed by atoms with Gasteiger partial charge in [0, 0.05) is 24.0 Å². The summed E-state index contributed by atoms with van der Waals surface area (Å²) in [6.45, 7) is 2.69. The molecule has 0 N–H and O–H groups in total. The van der Waals surface area contributed by atoms with E-state index in [2.05, 4.69) is 11.4 Å². The molecule has 1 aromatic heterocycles. The van der Waals surface area contributed by atoms with Gasteiger partial charge in [0.25, 0.3) is 15.9 Å². The van der Waals surface area contributed by atoms with Gasteiger partial charge in [0.05, 0.1) is 18.0 Å². The molecule has 1 aromatic carbocycles. The average Bonchev–Trinajstić information content (AvgIpc) is 3.10. The molecule has 0 bridgehead atoms. The fraction of sp³-hybridized carbons (Fsp3) is 0.353. The van der Waals surface area contributed by atoms with E-state index < -0.39 is 10.0 Å². The van der Waals surface area contributed by atoms with Crippen LogP contribution in [0, 0.1) is 0 Å². The summed E-state index contributed by atoms with van der Waals surface area (Å²) in [6, 6.07) is 8.06. The molecule has 0 spiro atoms. The Morgan fingerprint density at radius 3 is 2.60 bits per heavy atom. The van der Waals surface area contributed by atoms with E-state index in [9.17, 15) is 13.2 Å². The van der Waals surface area contributed by atoms with Gasteiger partial charge in [-0.3, -0.25) is 9.63 Å². The minimum Gasteiger partial charge on any atom is -0.331 e. The molecule has 0 radical (unpaired) electrons. The number of benzene rings is 1. The highest BCUT2D eigenvalue weighted by Gasteiger charge is 2.29. The van der Waals surface area contributed by atoms with Gasteiger partial charge in [-0.15, -0.1) is 11.3 Å². The molecule has 6 nitrogen and oxygen atoms in total. The summed E-state index contributed by atoms with van der Waals surface area (Å²) < 4.78 is 25.2. The Kier molecular flexibility index (Phi) is 4.97. The number of sulfonamides is 1. The zero-order valence-corrected chi connectivity index (χ0v) is 15.9. The highest BCUT2D eigenvalue weighted by Crippen LogP contribution is 2.33. The van der Waals surface area contributed by atoms with Crippen LogP contribution in [0.3, 0.4) is 0 Å². The molecule has 1 aliphatic heterocycles. The van der Waals surface area contributed by atoms with E-state index in [1.807, 2.05) is 11.8 Å². The lowest BCUT2D eigenvalue weighted by molar-refractivity contribution is -0.0258. The van der Waals surface area contributed by atoms with Crippen molar-refractivity contribution in [1.29, 1.82) is 0 Å². The predicted molar refractivity (Wildman–Crippen MR) is 95.9 cm³/mol. The fourth-order valence-electron chi connectivity index (χ4n) is 2.97. The van der Waals surface area contributed by atoms with Crippen molar-refractivity contribution in [2.45, 2.75) is 24.3 Å². The van der Waals surface area contributed by atoms with Crippen LogP contribution < -0.4 is 0 Å². The number of hydrogen-bond donors (Lipinski definition) is 0. The van der Waals surface area contributed by atoms with Crippen molar-refractivity contribution >= 4 is 27.3 Å². The third kappa shape index (κ3) is 3.22. The summed E-state index contributed by atoms with van der Waals surface area (Å²) in [5.41, 5.74) is 1.68. The van der Waals surface area contributed by atoms with E-state index in [1.165, 1.54) is 36.7 Å². The Balaban J connectivity index is 1.83. The minimum atomic E-state index is -3.71. The first kappa shape index (κ1) is 18.1. The number of hydroxylamine groups is 1. The minimum absolute atomic E-state index is 0.0190. The van der Waals surface area contributed by atoms with E-state index in [0.717, 1.165) is 10.9 Å². The average molecular weight is 380 g/mol. The van der Waals surface area contributed by atoms with Crippen LogP contribution in [0.2, 0.25) is 0 Å². The van der Waals surface area contributed by atoms with E-state index in [4.69, 9.17) is 4.84 Å². The van der Waals surface area contributed by atoms with Crippen molar-refractivity contribution < 1.29 is 18.0 Å². The lowest BCUT2D eigenvalue weighted by atomic mass is 10.0. The van der Waals surface area contributed by atoms with Crippen LogP contribution in [0.5, 0.6) is 0 Å². The molecule has 0 fully saturated rings. The quantitative estimate of drug-likeness (QED) is 0.765. The lowest BCUT2D eigenvalue weighted by Crippen LogP contribution is -2.38. The smallest absolute Gasteiger partial charge is 0.264 e. The summed E-state index contributed by atoms with van der Waals surface area (Å²) in [4.78, 5) is 20.8. The third-order valence-electron chi connectivity index (χ3n) is 4.53. The highest BCUT2D eigenvalue weighted by molar-refractivity contribution is 7.89. The molecule has 2 heterocycles. The molecule has 0 unspecified atom stereocenters. The van der Waals surface area contributed by atoms with Gasteiger partial charge in [0.15, 0.2) is 0 Å². The van der Waals surface area contributed by atoms with E-state index in [0.29, 0.717) is 12.1 Å². The normalized spacial score (nSPS) is 17.6. The first-order chi connectivity index (χ1) is 11.9. The number of amides is 1. The van der Waals surface area contributed by atoms with Crippen molar-refractivity contribution in [3.8, 4) is 0 Å². The van der Waals surface area contributed by atoms with Gasteiger partial charge in [0.1, 0.15) is 0 Å². The molecule has 3 rings (SSSR count). The van der Waals surface area contributed by atoms with Crippen LogP contribution in [-0.2, 0) is 21.3 Å². The van der Waals surface area contributed by atoms with Crippen LogP contribution in [0.15, 0.2) is 40.6 Å². The maximum atomic E-state index is 12.8. The van der Waals surface area contributed by atoms with Gasteiger partial charge < -0.3 is 4.90 Å². The zero-order valence-electron chi connectivity index (χ0n) is 14.3. The second kappa shape index (κ2) is 6.87. The summed E-state index contributed by atoms with van der Waals surface area (Å²) in [6.07, 6.45) is 0.855. The molecular formula is C17H20N2O4S2. The number of fused-ring (bicyclic) bond motifs is 1. The van der Waals surface area contributed by atoms with E-state index in [1.54, 1.807) is 23.5 Å². The van der Waals surface area contributed by atoms with Crippen LogP contribution in [-0.4, -0.2) is 44.4 Å². The number of carbonyl (C=O) groups is 1. The molecule has 0 aliphatic carbocycles. The third-order valence-corrected chi connectivity index (χ3v) is 7.22. The number of carbonyl (C=O) groups excluding carboxylic acids is 1. The molecule has 8 heteroatoms. The molecule has 25 heavy (non-hydrogen) atoms. The summed E-state index contributed by atoms with van der Waals surface area (Å²) in [5.74, 6) is -0.0894. The Morgan fingerprint density at radius 1 is 1.28 bits per heavy atom. The maximum Gasteiger partial charge on any atom is 0.264 e. The Labute approximate surface area is 151 Å². The van der Waals surface area contributed by atoms with Crippen LogP contribution >= 0.6 is 11.3 Å². The van der Waals surface area contributed by atoms with Crippen LogP contribution in [0.1, 0.15) is 33.8 Å². The Hall–Kier alpha value is -1.74. The first-order valence-electron chi connectivity index (χ1n) is 7.86. The fourth-order valence-corrected chi connectivity index (χ4v) is 4.90. The second-order valence-corrected chi connectivity index (χ2v) is 8.78. The van der Waals surface area contributed by atoms with Gasteiger partial charge in [-0.25, -0.2) is 8.42 Å². The Bertz CT molecular complexity index is 874. The first-order valence-corrected chi connectivity index (χ1v) is 10.2. The molecule has 0 saturated carbocycles. The standard InChI is InChI=1S/C17H20N2O4S2/c1-12-15-9-11-24-16(15)8-10-19(12)17(20)13-4-6-14(7-5-13)25(21,22)18(2)23-3/h4-7,9,11-12H,8,10H2,1-3H3/t12-/m0/s1. The van der Waals surface area contributed by atoms with Crippen molar-refractivity contribution in [1.82, 2.24) is 9.37 Å². The van der Waals surface area contributed by atoms with Gasteiger partial charge in [-0.05, 0) is 54.6 Å². The molecule has 1 aliphatic rings. The highest BCUT2D eigenvalue weighted by atomic mass is 32.2. The maximum absolute atomic E-state index is 12.8. The topological polar surface area (TPSA) is 66.9 Å². The monoisotopic (exact) mass is 380 g/mol. The largest absolute Gasteiger partial charge is 0.331 e. The number of rotatable bonds is 4. The molecule has 1 atom stereocenters. The molecular weight excluding hydrogens is 360 g/mol. The number of hydrogen-bond acceptors (Lipinski definition) is 5. The summed E-state index contributed by atoms with van der Waals surface area (Å²) >= 11 is 1.73. The van der Waals surface area contributed by atoms with Crippen molar-refractivity contribution in [2.75, 3.05) is 20.7 Å². The molecule has 1 amide bonds. The van der Waals surface area contributed by atoms with Gasteiger partial charge in [-0.1, -0.05) is 4.47 Å². The number of thiophene rings is 1. The van der Waals surface area contributed by atoms with E-state index in [-0.39, 0.29) is 16.8 Å². The number of nitrogens with zero attached hydrogens (tertiary/aromatic N) is 2. The SMILES string of the molecule is CON(C)S(=O)(=O)c1ccc(C(=O)N2CCc3sccc3[C@@H]2C)cc1. The van der Waals surface area contributed by atoms with Gasteiger partial charge in [0.2, 0.25) is 0 Å². The van der Waals surface area contributed by atoms with E-state index >= 15 is 0 Å². The predicted octanol–water partition coefficient (Wildman–Crippen LogP) is 2.69. The van der Waals surface area contributed by atoms with Crippen LogP contribution in [0.25, 0.3) is 0 Å². The second-order valence-electron chi connectivity index (χ2n) is 5.85. The zero-order chi connectivity index (χ0) is 18.2. The molecule has 2 aromatic rings. The van der Waals surface area contributed by atoms with Gasteiger partial charge >= 0.3 is 0 Å². The van der Waals surface area contributed by atoms with Crippen molar-refractivity contribution in [2.24, 2.45) is 0 Å². The molecule has 134 valence electrons. The molecule has 0 saturated heterocycles. The van der Waals surface area contributed by atoms with Crippen LogP contribution in [0.4, 0.5) is 0 Å². The van der Waals surface area contributed by atoms with Crippen molar-refractivity contribution in [3.05, 3.63) is 51.7 Å². The summed E-state index contributed by atoms with van der Waals surface area (Å²) in [7, 11) is -1.11. The lowest BCUT2D eigenvalue weighted by Gasteiger charge is -2.33. The van der Waals surface area contributed by atoms with Gasteiger partial charge in [-0.2, -0.15) is 0 Å². The van der Waals surface area contributed by atoms with Crippen molar-refractivity contribution in [3.63, 3.8) is 0 Å².